The Labute approximate surface area is 157 Å². The lowest BCUT2D eigenvalue weighted by atomic mass is 10.1. The zero-order valence-electron chi connectivity index (χ0n) is 14.0. The maximum absolute atomic E-state index is 9.31. The van der Waals surface area contributed by atoms with Crippen LogP contribution in [-0.4, -0.2) is 5.04 Å². The summed E-state index contributed by atoms with van der Waals surface area (Å²) in [5, 5.41) is 12.1. The molecule has 0 saturated heterocycles. The quantitative estimate of drug-likeness (QED) is 0.671. The number of thiophene rings is 1. The average Bonchev–Trinajstić information content (AvgIpc) is 3.22. The van der Waals surface area contributed by atoms with Crippen LogP contribution in [0, 0.1) is 11.3 Å². The van der Waals surface area contributed by atoms with Crippen LogP contribution in [0.2, 0.25) is 0 Å². The number of aliphatic imine (C=N–C) groups is 1. The minimum atomic E-state index is 0.488. The molecule has 0 fully saturated rings. The van der Waals surface area contributed by atoms with Crippen LogP contribution in [-0.2, 0) is 0 Å². The largest absolute Gasteiger partial charge is 0.397 e. The molecule has 0 saturated carbocycles. The molecule has 0 aromatic carbocycles. The molecule has 1 aromatic heterocycles. The first kappa shape index (κ1) is 18.8. The van der Waals surface area contributed by atoms with Crippen LogP contribution in [0.5, 0.6) is 0 Å². The van der Waals surface area contributed by atoms with E-state index in [1.807, 2.05) is 48.7 Å². The van der Waals surface area contributed by atoms with Crippen LogP contribution in [0.3, 0.4) is 0 Å². The fraction of sp³-hybridized carbons (Fsp3) is 0.100. The smallest absolute Gasteiger partial charge is 0.115 e. The molecule has 0 unspecified atom stereocenters. The van der Waals surface area contributed by atoms with Gasteiger partial charge in [0.2, 0.25) is 0 Å². The van der Waals surface area contributed by atoms with Gasteiger partial charge in [-0.3, -0.25) is 0 Å². The number of nitrogens with zero attached hydrogens (tertiary/aromatic N) is 2. The molecular formula is C20H19N3S2. The molecule has 0 bridgehead atoms. The molecule has 5 heteroatoms. The van der Waals surface area contributed by atoms with Gasteiger partial charge in [0.15, 0.2) is 0 Å². The third kappa shape index (κ3) is 4.72. The Morgan fingerprint density at radius 2 is 2.20 bits per heavy atom. The summed E-state index contributed by atoms with van der Waals surface area (Å²) in [6.07, 6.45) is 10.00. The lowest BCUT2D eigenvalue weighted by Gasteiger charge is -2.07. The minimum absolute atomic E-state index is 0.488. The van der Waals surface area contributed by atoms with Gasteiger partial charge < -0.3 is 5.73 Å². The Balaban J connectivity index is 2.30. The van der Waals surface area contributed by atoms with Crippen molar-refractivity contribution in [3.63, 3.8) is 0 Å². The second-order valence-electron chi connectivity index (χ2n) is 5.17. The van der Waals surface area contributed by atoms with Crippen LogP contribution in [0.25, 0.3) is 5.57 Å². The first-order chi connectivity index (χ1) is 12.1. The summed E-state index contributed by atoms with van der Waals surface area (Å²) < 4.78 is 0. The predicted molar refractivity (Wildman–Crippen MR) is 111 cm³/mol. The molecule has 126 valence electrons. The topological polar surface area (TPSA) is 62.2 Å². The fourth-order valence-electron chi connectivity index (χ4n) is 2.19. The Kier molecular flexibility index (Phi) is 6.81. The zero-order valence-corrected chi connectivity index (χ0v) is 15.7. The van der Waals surface area contributed by atoms with E-state index in [-0.39, 0.29) is 0 Å². The van der Waals surface area contributed by atoms with Crippen molar-refractivity contribution in [1.29, 1.82) is 5.26 Å². The highest BCUT2D eigenvalue weighted by molar-refractivity contribution is 8.18. The Hall–Kier alpha value is -2.55. The second kappa shape index (κ2) is 9.07. The maximum Gasteiger partial charge on any atom is 0.115 e. The summed E-state index contributed by atoms with van der Waals surface area (Å²) in [5.74, 6) is 0. The van der Waals surface area contributed by atoms with Gasteiger partial charge in [0.05, 0.1) is 5.70 Å². The van der Waals surface area contributed by atoms with E-state index in [0.29, 0.717) is 22.7 Å². The van der Waals surface area contributed by atoms with Crippen molar-refractivity contribution in [2.45, 2.75) is 13.3 Å². The zero-order chi connectivity index (χ0) is 18.2. The Bertz CT molecular complexity index is 857. The molecule has 2 N–H and O–H groups in total. The average molecular weight is 366 g/mol. The molecule has 1 aromatic rings. The van der Waals surface area contributed by atoms with Gasteiger partial charge in [0, 0.05) is 22.6 Å². The van der Waals surface area contributed by atoms with Gasteiger partial charge >= 0.3 is 0 Å². The van der Waals surface area contributed by atoms with Gasteiger partial charge in [-0.05, 0) is 23.9 Å². The Morgan fingerprint density at radius 3 is 2.84 bits per heavy atom. The maximum atomic E-state index is 9.31. The van der Waals surface area contributed by atoms with E-state index >= 15 is 0 Å². The molecule has 2 rings (SSSR count). The number of nitrogens with two attached hydrogens (primary N) is 1. The molecule has 2 heterocycles. The van der Waals surface area contributed by atoms with E-state index in [1.165, 1.54) is 11.8 Å². The summed E-state index contributed by atoms with van der Waals surface area (Å²) in [4.78, 5) is 6.22. The second-order valence-corrected chi connectivity index (χ2v) is 7.12. The molecular weight excluding hydrogens is 346 g/mol. The van der Waals surface area contributed by atoms with Crippen molar-refractivity contribution in [1.82, 2.24) is 0 Å². The van der Waals surface area contributed by atoms with E-state index < -0.39 is 0 Å². The Morgan fingerprint density at radius 1 is 1.40 bits per heavy atom. The van der Waals surface area contributed by atoms with E-state index in [2.05, 4.69) is 24.2 Å². The van der Waals surface area contributed by atoms with Crippen molar-refractivity contribution < 1.29 is 0 Å². The van der Waals surface area contributed by atoms with Crippen molar-refractivity contribution >= 4 is 33.7 Å². The van der Waals surface area contributed by atoms with Crippen molar-refractivity contribution in [3.8, 4) is 6.07 Å². The lowest BCUT2D eigenvalue weighted by molar-refractivity contribution is 1.18. The first-order valence-electron chi connectivity index (χ1n) is 7.62. The molecule has 0 aliphatic carbocycles. The third-order valence-corrected chi connectivity index (χ3v) is 5.39. The molecule has 0 radical (unpaired) electrons. The monoisotopic (exact) mass is 365 g/mol. The fourth-order valence-corrected chi connectivity index (χ4v) is 3.92. The van der Waals surface area contributed by atoms with Crippen molar-refractivity contribution in [3.05, 3.63) is 87.8 Å². The summed E-state index contributed by atoms with van der Waals surface area (Å²) in [6, 6.07) is 6.19. The van der Waals surface area contributed by atoms with E-state index in [4.69, 9.17) is 5.73 Å². The third-order valence-electron chi connectivity index (χ3n) is 3.40. The molecule has 1 aliphatic rings. The van der Waals surface area contributed by atoms with Gasteiger partial charge in [-0.25, -0.2) is 4.99 Å². The molecule has 0 amide bonds. The van der Waals surface area contributed by atoms with Gasteiger partial charge in [0.1, 0.15) is 16.0 Å². The van der Waals surface area contributed by atoms with Gasteiger partial charge in [0.25, 0.3) is 0 Å². The van der Waals surface area contributed by atoms with Gasteiger partial charge in [-0.2, -0.15) is 5.26 Å². The summed E-state index contributed by atoms with van der Waals surface area (Å²) in [5.41, 5.74) is 9.28. The summed E-state index contributed by atoms with van der Waals surface area (Å²) in [7, 11) is 0. The van der Waals surface area contributed by atoms with E-state index in [0.717, 1.165) is 21.1 Å². The van der Waals surface area contributed by atoms with Crippen LogP contribution in [0.4, 0.5) is 0 Å². The SMILES string of the molecule is C=CC=CC=CCC(=C)N=C1SC(C#N)=C(N)C1=C(C)c1cccs1. The highest BCUT2D eigenvalue weighted by Gasteiger charge is 2.27. The minimum Gasteiger partial charge on any atom is -0.397 e. The van der Waals surface area contributed by atoms with Crippen LogP contribution in [0.1, 0.15) is 18.2 Å². The molecule has 1 aliphatic heterocycles. The number of allylic oxidation sites excluding steroid dienone is 8. The first-order valence-corrected chi connectivity index (χ1v) is 9.32. The standard InChI is InChI=1S/C20H19N3S2/c1-4-5-6-7-8-10-14(2)23-20-18(19(22)17(13-21)25-20)15(3)16-11-9-12-24-16/h4-9,11-12H,1-2,10,22H2,3H3. The van der Waals surface area contributed by atoms with Crippen LogP contribution >= 0.6 is 23.1 Å². The number of thioether (sulfide) groups is 1. The normalized spacial score (nSPS) is 18.3. The molecule has 0 spiro atoms. The number of hydrogen-bond donors (Lipinski definition) is 1. The van der Waals surface area contributed by atoms with Crippen LogP contribution in [0.15, 0.2) is 87.9 Å². The number of rotatable bonds is 6. The van der Waals surface area contributed by atoms with Crippen molar-refractivity contribution in [2.75, 3.05) is 0 Å². The highest BCUT2D eigenvalue weighted by Crippen LogP contribution is 2.40. The summed E-state index contributed by atoms with van der Waals surface area (Å²) >= 11 is 2.94. The van der Waals surface area contributed by atoms with Gasteiger partial charge in [-0.1, -0.05) is 61.4 Å². The predicted octanol–water partition coefficient (Wildman–Crippen LogP) is 5.56. The molecule has 0 atom stereocenters. The molecule has 25 heavy (non-hydrogen) atoms. The van der Waals surface area contributed by atoms with Gasteiger partial charge in [-0.15, -0.1) is 11.3 Å². The lowest BCUT2D eigenvalue weighted by Crippen LogP contribution is -2.05. The molecule has 3 nitrogen and oxygen atoms in total. The van der Waals surface area contributed by atoms with E-state index in [9.17, 15) is 5.26 Å². The van der Waals surface area contributed by atoms with Crippen molar-refractivity contribution in [2.24, 2.45) is 10.7 Å². The summed E-state index contributed by atoms with van der Waals surface area (Å²) in [6.45, 7) is 9.64. The number of hydrogen-bond acceptors (Lipinski definition) is 5. The highest BCUT2D eigenvalue weighted by atomic mass is 32.2. The van der Waals surface area contributed by atoms with Crippen LogP contribution < -0.4 is 5.73 Å². The van der Waals surface area contributed by atoms with E-state index in [1.54, 1.807) is 17.4 Å². The number of nitriles is 1.